The Morgan fingerprint density at radius 1 is 1.32 bits per heavy atom. The van der Waals surface area contributed by atoms with Crippen molar-refractivity contribution in [2.75, 3.05) is 0 Å². The second kappa shape index (κ2) is 5.38. The van der Waals surface area contributed by atoms with Crippen LogP contribution in [0.5, 0.6) is 0 Å². The second-order valence-corrected chi connectivity index (χ2v) is 3.26. The zero-order chi connectivity index (χ0) is 14.6. The van der Waals surface area contributed by atoms with Gasteiger partial charge in [-0.2, -0.15) is 13.2 Å². The molecule has 2 aromatic rings. The number of nitrogens with zero attached hydrogens (tertiary/aromatic N) is 2. The lowest BCUT2D eigenvalue weighted by Crippen LogP contribution is -2.21. The minimum atomic E-state index is -5.08. The van der Waals surface area contributed by atoms with E-state index in [1.165, 1.54) is 0 Å². The Balaban J connectivity index is 0.000000224. The van der Waals surface area contributed by atoms with Crippen molar-refractivity contribution in [1.82, 2.24) is 9.38 Å². The van der Waals surface area contributed by atoms with Crippen molar-refractivity contribution >= 4 is 17.4 Å². The van der Waals surface area contributed by atoms with Gasteiger partial charge >= 0.3 is 12.1 Å². The fourth-order valence-corrected chi connectivity index (χ4v) is 1.16. The Labute approximate surface area is 104 Å². The summed E-state index contributed by atoms with van der Waals surface area (Å²) in [6.45, 7) is 0. The highest BCUT2D eigenvalue weighted by molar-refractivity contribution is 5.92. The van der Waals surface area contributed by atoms with E-state index in [-0.39, 0.29) is 0 Å². The topological polar surface area (TPSA) is 97.7 Å². The zero-order valence-corrected chi connectivity index (χ0v) is 9.26. The smallest absolute Gasteiger partial charge is 0.475 e. The van der Waals surface area contributed by atoms with Crippen LogP contribution in [0.3, 0.4) is 0 Å². The van der Waals surface area contributed by atoms with Gasteiger partial charge < -0.3 is 15.2 Å². The van der Waals surface area contributed by atoms with Gasteiger partial charge in [-0.05, 0) is 12.1 Å². The van der Waals surface area contributed by atoms with Crippen LogP contribution < -0.4 is 5.73 Å². The number of hydrogen-bond donors (Lipinski definition) is 2. The standard InChI is InChI=1S/C8H7N3O.C2HF3O2/c9-8(12)7-2-1-6-5-10-3-4-11(6)7;3-2(4,5)1(6)7/h1-5H,(H2,9,12);(H,6,7). The first-order valence-corrected chi connectivity index (χ1v) is 4.74. The molecule has 0 bridgehead atoms. The zero-order valence-electron chi connectivity index (χ0n) is 9.26. The Morgan fingerprint density at radius 2 is 1.89 bits per heavy atom. The highest BCUT2D eigenvalue weighted by Gasteiger charge is 2.38. The van der Waals surface area contributed by atoms with Gasteiger partial charge in [-0.15, -0.1) is 0 Å². The highest BCUT2D eigenvalue weighted by Crippen LogP contribution is 2.13. The summed E-state index contributed by atoms with van der Waals surface area (Å²) in [5.41, 5.74) is 6.49. The van der Waals surface area contributed by atoms with Gasteiger partial charge in [0.1, 0.15) is 5.69 Å². The van der Waals surface area contributed by atoms with E-state index in [2.05, 4.69) is 4.98 Å². The van der Waals surface area contributed by atoms with E-state index >= 15 is 0 Å². The molecule has 0 radical (unpaired) electrons. The molecular weight excluding hydrogens is 267 g/mol. The van der Waals surface area contributed by atoms with Gasteiger partial charge in [-0.1, -0.05) is 0 Å². The summed E-state index contributed by atoms with van der Waals surface area (Å²) in [5.74, 6) is -3.19. The first-order valence-electron chi connectivity index (χ1n) is 4.74. The summed E-state index contributed by atoms with van der Waals surface area (Å²) < 4.78 is 33.4. The molecule has 3 N–H and O–H groups in total. The number of rotatable bonds is 1. The van der Waals surface area contributed by atoms with Crippen LogP contribution in [0, 0.1) is 0 Å². The molecule has 0 aliphatic carbocycles. The maximum atomic E-state index is 10.9. The summed E-state index contributed by atoms with van der Waals surface area (Å²) in [6.07, 6.45) is -0.0959. The quantitative estimate of drug-likeness (QED) is 0.813. The number of nitrogens with two attached hydrogens (primary N) is 1. The summed E-state index contributed by atoms with van der Waals surface area (Å²) in [5, 5.41) is 7.12. The number of carboxylic acids is 1. The van der Waals surface area contributed by atoms with Crippen LogP contribution in [0.1, 0.15) is 10.5 Å². The molecule has 0 saturated carbocycles. The van der Waals surface area contributed by atoms with Gasteiger partial charge in [-0.25, -0.2) is 4.79 Å². The molecule has 0 aliphatic heterocycles. The van der Waals surface area contributed by atoms with Crippen molar-refractivity contribution in [3.63, 3.8) is 0 Å². The van der Waals surface area contributed by atoms with Crippen molar-refractivity contribution in [3.05, 3.63) is 36.4 Å². The van der Waals surface area contributed by atoms with E-state index < -0.39 is 18.1 Å². The third-order valence-electron chi connectivity index (χ3n) is 1.95. The molecule has 2 heterocycles. The lowest BCUT2D eigenvalue weighted by Gasteiger charge is -1.95. The third-order valence-corrected chi connectivity index (χ3v) is 1.95. The number of carboxylic acid groups (broad SMARTS) is 1. The maximum absolute atomic E-state index is 10.9. The number of aromatic nitrogens is 2. The number of fused-ring (bicyclic) bond motifs is 1. The molecule has 0 fully saturated rings. The molecular formula is C10H8F3N3O3. The number of carbonyl (C=O) groups excluding carboxylic acids is 1. The first-order chi connectivity index (χ1) is 8.73. The third kappa shape index (κ3) is 3.69. The largest absolute Gasteiger partial charge is 0.490 e. The summed E-state index contributed by atoms with van der Waals surface area (Å²) in [7, 11) is 0. The number of aliphatic carboxylic acids is 1. The molecule has 2 aromatic heterocycles. The molecule has 0 aromatic carbocycles. The Morgan fingerprint density at radius 3 is 2.37 bits per heavy atom. The Hall–Kier alpha value is -2.58. The molecule has 6 nitrogen and oxygen atoms in total. The highest BCUT2D eigenvalue weighted by atomic mass is 19.4. The van der Waals surface area contributed by atoms with Crippen molar-refractivity contribution in [2.45, 2.75) is 6.18 Å². The number of halogens is 3. The first kappa shape index (κ1) is 14.5. The van der Waals surface area contributed by atoms with Crippen LogP contribution in [-0.4, -0.2) is 32.5 Å². The molecule has 0 atom stereocenters. The fourth-order valence-electron chi connectivity index (χ4n) is 1.16. The molecule has 9 heteroatoms. The van der Waals surface area contributed by atoms with E-state index in [9.17, 15) is 18.0 Å². The second-order valence-electron chi connectivity index (χ2n) is 3.26. The number of alkyl halides is 3. The molecule has 19 heavy (non-hydrogen) atoms. The van der Waals surface area contributed by atoms with Crippen LogP contribution in [-0.2, 0) is 4.79 Å². The van der Waals surface area contributed by atoms with Gasteiger partial charge in [0, 0.05) is 12.4 Å². The number of carbonyl (C=O) groups is 2. The van der Waals surface area contributed by atoms with Crippen molar-refractivity contribution in [2.24, 2.45) is 5.73 Å². The van der Waals surface area contributed by atoms with Crippen molar-refractivity contribution in [1.29, 1.82) is 0 Å². The SMILES string of the molecule is NC(=O)c1ccc2cnccn12.O=C(O)C(F)(F)F. The average Bonchev–Trinajstić information content (AvgIpc) is 2.72. The van der Waals surface area contributed by atoms with Gasteiger partial charge in [0.05, 0.1) is 11.7 Å². The van der Waals surface area contributed by atoms with Crippen LogP contribution in [0.4, 0.5) is 13.2 Å². The van der Waals surface area contributed by atoms with E-state index in [4.69, 9.17) is 15.6 Å². The Kier molecular flexibility index (Phi) is 4.10. The van der Waals surface area contributed by atoms with Gasteiger partial charge in [0.25, 0.3) is 5.91 Å². The average molecular weight is 275 g/mol. The predicted octanol–water partition coefficient (Wildman–Crippen LogP) is 1.07. The molecule has 2 rings (SSSR count). The van der Waals surface area contributed by atoms with Crippen LogP contribution in [0.25, 0.3) is 5.52 Å². The van der Waals surface area contributed by atoms with Crippen molar-refractivity contribution in [3.8, 4) is 0 Å². The van der Waals surface area contributed by atoms with Crippen LogP contribution in [0.2, 0.25) is 0 Å². The Bertz CT molecular complexity index is 607. The molecule has 102 valence electrons. The molecule has 1 amide bonds. The van der Waals surface area contributed by atoms with Gasteiger partial charge in [-0.3, -0.25) is 9.78 Å². The molecule has 0 spiro atoms. The fraction of sp³-hybridized carbons (Fsp3) is 0.100. The monoisotopic (exact) mass is 275 g/mol. The summed E-state index contributed by atoms with van der Waals surface area (Å²) in [6, 6.07) is 3.48. The van der Waals surface area contributed by atoms with Crippen LogP contribution >= 0.6 is 0 Å². The van der Waals surface area contributed by atoms with E-state index in [1.54, 1.807) is 35.1 Å². The summed E-state index contributed by atoms with van der Waals surface area (Å²) >= 11 is 0. The molecule has 0 saturated heterocycles. The maximum Gasteiger partial charge on any atom is 0.490 e. The normalized spacial score (nSPS) is 10.7. The number of amides is 1. The van der Waals surface area contributed by atoms with E-state index in [1.807, 2.05) is 0 Å². The van der Waals surface area contributed by atoms with E-state index in [0.29, 0.717) is 5.69 Å². The van der Waals surface area contributed by atoms with E-state index in [0.717, 1.165) is 5.52 Å². The number of hydrogen-bond acceptors (Lipinski definition) is 3. The minimum absolute atomic E-state index is 0.429. The number of primary amides is 1. The van der Waals surface area contributed by atoms with Gasteiger partial charge in [0.2, 0.25) is 0 Å². The van der Waals surface area contributed by atoms with Gasteiger partial charge in [0.15, 0.2) is 0 Å². The predicted molar refractivity (Wildman–Crippen MR) is 57.4 cm³/mol. The molecule has 0 aliphatic rings. The van der Waals surface area contributed by atoms with Crippen LogP contribution in [0.15, 0.2) is 30.7 Å². The van der Waals surface area contributed by atoms with Crippen molar-refractivity contribution < 1.29 is 27.9 Å². The lowest BCUT2D eigenvalue weighted by molar-refractivity contribution is -0.192. The minimum Gasteiger partial charge on any atom is -0.475 e. The summed E-state index contributed by atoms with van der Waals surface area (Å²) in [4.78, 5) is 23.7. The molecule has 0 unspecified atom stereocenters. The lowest BCUT2D eigenvalue weighted by atomic mass is 10.4.